The average molecular weight is 338 g/mol. The first kappa shape index (κ1) is 16.4. The summed E-state index contributed by atoms with van der Waals surface area (Å²) < 4.78 is 5.27. The lowest BCUT2D eigenvalue weighted by Crippen LogP contribution is -2.49. The number of rotatable bonds is 2. The molecule has 3 N–H and O–H groups in total. The second kappa shape index (κ2) is 6.36. The van der Waals surface area contributed by atoms with Gasteiger partial charge < -0.3 is 15.6 Å². The molecule has 1 fully saturated rings. The van der Waals surface area contributed by atoms with Crippen molar-refractivity contribution >= 4 is 0 Å². The van der Waals surface area contributed by atoms with E-state index in [2.05, 4.69) is 42.2 Å². The molecule has 3 unspecified atom stereocenters. The van der Waals surface area contributed by atoms with Crippen LogP contribution in [0.25, 0.3) is 0 Å². The quantitative estimate of drug-likeness (QED) is 0.883. The largest absolute Gasteiger partial charge is 0.504 e. The van der Waals surface area contributed by atoms with Gasteiger partial charge in [-0.15, -0.1) is 0 Å². The minimum Gasteiger partial charge on any atom is -0.504 e. The predicted molar refractivity (Wildman–Crippen MR) is 99.2 cm³/mol. The highest BCUT2D eigenvalue weighted by Gasteiger charge is 2.39. The van der Waals surface area contributed by atoms with E-state index < -0.39 is 0 Å². The average Bonchev–Trinajstić information content (AvgIpc) is 2.61. The Hall–Kier alpha value is -2.04. The van der Waals surface area contributed by atoms with E-state index in [1.807, 2.05) is 6.07 Å². The fraction of sp³-hybridized carbons (Fsp3) is 0.429. The molecule has 3 atom stereocenters. The van der Waals surface area contributed by atoms with E-state index in [0.717, 1.165) is 31.5 Å². The number of phenolic OH excluding ortho intramolecular Hbond substituents is 1. The zero-order chi connectivity index (χ0) is 17.6. The van der Waals surface area contributed by atoms with Crippen LogP contribution in [-0.2, 0) is 6.42 Å². The number of nitrogens with zero attached hydrogens (tertiary/aromatic N) is 1. The molecule has 2 aromatic rings. The first-order valence-electron chi connectivity index (χ1n) is 9.03. The van der Waals surface area contributed by atoms with Crippen molar-refractivity contribution in [3.63, 3.8) is 0 Å². The number of hydrogen-bond donors (Lipinski definition) is 2. The Morgan fingerprint density at radius 2 is 2.08 bits per heavy atom. The third-order valence-corrected chi connectivity index (χ3v) is 5.86. The molecule has 25 heavy (non-hydrogen) atoms. The topological polar surface area (TPSA) is 58.7 Å². The maximum absolute atomic E-state index is 10.5. The van der Waals surface area contributed by atoms with Crippen molar-refractivity contribution in [3.05, 3.63) is 58.7 Å². The minimum atomic E-state index is 0.123. The van der Waals surface area contributed by atoms with Gasteiger partial charge in [0.05, 0.1) is 7.11 Å². The lowest BCUT2D eigenvalue weighted by atomic mass is 9.78. The van der Waals surface area contributed by atoms with Gasteiger partial charge in [0.25, 0.3) is 0 Å². The molecular formula is C21H26N2O2. The summed E-state index contributed by atoms with van der Waals surface area (Å²) in [5.74, 6) is 1.23. The Morgan fingerprint density at radius 1 is 1.24 bits per heavy atom. The van der Waals surface area contributed by atoms with E-state index >= 15 is 0 Å². The second-order valence-electron chi connectivity index (χ2n) is 7.37. The monoisotopic (exact) mass is 338 g/mol. The molecule has 0 aliphatic carbocycles. The Morgan fingerprint density at radius 3 is 2.84 bits per heavy atom. The molecule has 4 heteroatoms. The van der Waals surface area contributed by atoms with Crippen LogP contribution in [0.2, 0.25) is 0 Å². The summed E-state index contributed by atoms with van der Waals surface area (Å²) in [6.45, 7) is 4.06. The normalized spacial score (nSPS) is 26.0. The maximum atomic E-state index is 10.5. The fourth-order valence-corrected chi connectivity index (χ4v) is 4.54. The van der Waals surface area contributed by atoms with E-state index in [4.69, 9.17) is 10.5 Å². The van der Waals surface area contributed by atoms with Crippen LogP contribution in [-0.4, -0.2) is 36.2 Å². The van der Waals surface area contributed by atoms with Crippen LogP contribution >= 0.6 is 0 Å². The Balaban J connectivity index is 1.64. The zero-order valence-electron chi connectivity index (χ0n) is 14.9. The number of phenols is 1. The molecule has 2 heterocycles. The second-order valence-corrected chi connectivity index (χ2v) is 7.37. The standard InChI is InChI=1S/C21H26N2O2/c1-13-4-3-5-14(10-13)17-12-23-9-8-16-15(19(23)11-18(17)22)6-7-20(25-2)21(16)24/h3-7,10,17-19,24H,8-9,11-12,22H2,1-2H3. The number of benzene rings is 2. The summed E-state index contributed by atoms with van der Waals surface area (Å²) in [7, 11) is 1.60. The Kier molecular flexibility index (Phi) is 4.18. The van der Waals surface area contributed by atoms with E-state index in [1.165, 1.54) is 16.7 Å². The zero-order valence-corrected chi connectivity index (χ0v) is 14.9. The number of ether oxygens (including phenoxy) is 1. The van der Waals surface area contributed by atoms with Crippen molar-refractivity contribution in [3.8, 4) is 11.5 Å². The Labute approximate surface area is 149 Å². The highest BCUT2D eigenvalue weighted by Crippen LogP contribution is 2.45. The van der Waals surface area contributed by atoms with Crippen LogP contribution in [0.1, 0.15) is 40.6 Å². The summed E-state index contributed by atoms with van der Waals surface area (Å²) in [6.07, 6.45) is 1.77. The molecule has 132 valence electrons. The first-order valence-corrected chi connectivity index (χ1v) is 9.03. The molecule has 2 aromatic carbocycles. The number of piperidine rings is 1. The van der Waals surface area contributed by atoms with Gasteiger partial charge in [-0.05, 0) is 37.0 Å². The summed E-state index contributed by atoms with van der Waals surface area (Å²) >= 11 is 0. The molecule has 0 spiro atoms. The Bertz CT molecular complexity index is 789. The highest BCUT2D eigenvalue weighted by molar-refractivity contribution is 5.52. The minimum absolute atomic E-state index is 0.123. The lowest BCUT2D eigenvalue weighted by molar-refractivity contribution is 0.109. The molecule has 0 bridgehead atoms. The molecule has 0 saturated carbocycles. The van der Waals surface area contributed by atoms with E-state index in [1.54, 1.807) is 7.11 Å². The van der Waals surface area contributed by atoms with E-state index in [0.29, 0.717) is 17.4 Å². The van der Waals surface area contributed by atoms with Gasteiger partial charge in [0.1, 0.15) is 0 Å². The smallest absolute Gasteiger partial charge is 0.161 e. The molecule has 0 aromatic heterocycles. The van der Waals surface area contributed by atoms with E-state index in [9.17, 15) is 5.11 Å². The first-order chi connectivity index (χ1) is 12.1. The van der Waals surface area contributed by atoms with Gasteiger partial charge in [0, 0.05) is 36.7 Å². The van der Waals surface area contributed by atoms with Gasteiger partial charge in [-0.2, -0.15) is 0 Å². The molecule has 2 aliphatic heterocycles. The molecule has 0 amide bonds. The van der Waals surface area contributed by atoms with Gasteiger partial charge in [-0.3, -0.25) is 4.90 Å². The van der Waals surface area contributed by atoms with Gasteiger partial charge in [-0.1, -0.05) is 35.9 Å². The lowest BCUT2D eigenvalue weighted by Gasteiger charge is -2.46. The van der Waals surface area contributed by atoms with Crippen molar-refractivity contribution in [1.82, 2.24) is 4.90 Å². The van der Waals surface area contributed by atoms with Crippen molar-refractivity contribution in [2.75, 3.05) is 20.2 Å². The van der Waals surface area contributed by atoms with E-state index in [-0.39, 0.29) is 12.1 Å². The number of fused-ring (bicyclic) bond motifs is 3. The summed E-state index contributed by atoms with van der Waals surface area (Å²) in [5.41, 5.74) is 11.5. The molecule has 4 nitrogen and oxygen atoms in total. The summed E-state index contributed by atoms with van der Waals surface area (Å²) in [4.78, 5) is 2.53. The van der Waals surface area contributed by atoms with Gasteiger partial charge >= 0.3 is 0 Å². The van der Waals surface area contributed by atoms with Crippen LogP contribution in [0.3, 0.4) is 0 Å². The SMILES string of the molecule is COc1ccc2c(c1O)CCN1CC(c3cccc(C)c3)C(N)CC21. The van der Waals surface area contributed by atoms with Crippen LogP contribution in [0.15, 0.2) is 36.4 Å². The van der Waals surface area contributed by atoms with Gasteiger partial charge in [0.15, 0.2) is 11.5 Å². The molecule has 2 aliphatic rings. The summed E-state index contributed by atoms with van der Waals surface area (Å²) in [6, 6.07) is 13.1. The number of aromatic hydroxyl groups is 1. The summed E-state index contributed by atoms with van der Waals surface area (Å²) in [5, 5.41) is 10.5. The fourth-order valence-electron chi connectivity index (χ4n) is 4.54. The number of methoxy groups -OCH3 is 1. The number of hydrogen-bond acceptors (Lipinski definition) is 4. The molecule has 4 rings (SSSR count). The van der Waals surface area contributed by atoms with Crippen molar-refractivity contribution in [2.45, 2.75) is 37.8 Å². The highest BCUT2D eigenvalue weighted by atomic mass is 16.5. The molecular weight excluding hydrogens is 312 g/mol. The van der Waals surface area contributed by atoms with Crippen molar-refractivity contribution in [2.24, 2.45) is 5.73 Å². The van der Waals surface area contributed by atoms with Gasteiger partial charge in [0.2, 0.25) is 0 Å². The van der Waals surface area contributed by atoms with Crippen LogP contribution in [0.4, 0.5) is 0 Å². The van der Waals surface area contributed by atoms with Crippen molar-refractivity contribution < 1.29 is 9.84 Å². The van der Waals surface area contributed by atoms with Gasteiger partial charge in [-0.25, -0.2) is 0 Å². The van der Waals surface area contributed by atoms with Crippen molar-refractivity contribution in [1.29, 1.82) is 0 Å². The maximum Gasteiger partial charge on any atom is 0.161 e. The van der Waals surface area contributed by atoms with Crippen LogP contribution in [0, 0.1) is 6.92 Å². The van der Waals surface area contributed by atoms with Crippen LogP contribution in [0.5, 0.6) is 11.5 Å². The predicted octanol–water partition coefficient (Wildman–Crippen LogP) is 3.12. The number of aryl methyl sites for hydroxylation is 1. The third-order valence-electron chi connectivity index (χ3n) is 5.86. The number of nitrogens with two attached hydrogens (primary N) is 1. The molecule has 1 saturated heterocycles. The molecule has 0 radical (unpaired) electrons. The van der Waals surface area contributed by atoms with Crippen LogP contribution < -0.4 is 10.5 Å². The third kappa shape index (κ3) is 2.79.